The lowest BCUT2D eigenvalue weighted by molar-refractivity contribution is 0.628. The van der Waals surface area contributed by atoms with Crippen LogP contribution in [0, 0.1) is 5.82 Å². The van der Waals surface area contributed by atoms with E-state index in [1.807, 2.05) is 30.3 Å². The van der Waals surface area contributed by atoms with E-state index in [9.17, 15) is 4.39 Å². The van der Waals surface area contributed by atoms with Crippen molar-refractivity contribution in [2.75, 3.05) is 23.8 Å². The van der Waals surface area contributed by atoms with Crippen LogP contribution < -0.4 is 15.5 Å². The van der Waals surface area contributed by atoms with Crippen LogP contribution in [0.5, 0.6) is 0 Å². The number of rotatable bonds is 4. The zero-order valence-corrected chi connectivity index (χ0v) is 15.1. The second kappa shape index (κ2) is 7.16. The van der Waals surface area contributed by atoms with Crippen LogP contribution in [-0.4, -0.2) is 33.5 Å². The van der Waals surface area contributed by atoms with Gasteiger partial charge in [-0.15, -0.1) is 0 Å². The van der Waals surface area contributed by atoms with Gasteiger partial charge in [0.2, 0.25) is 5.95 Å². The van der Waals surface area contributed by atoms with E-state index in [4.69, 9.17) is 11.6 Å². The number of likely N-dealkylation sites (N-methyl/N-ethyl adjacent to an activating group) is 1. The molecule has 1 aromatic carbocycles. The summed E-state index contributed by atoms with van der Waals surface area (Å²) in [7, 11) is 1.87. The molecule has 0 bridgehead atoms. The maximum atomic E-state index is 13.4. The first-order chi connectivity index (χ1) is 13.1. The fourth-order valence-corrected chi connectivity index (χ4v) is 2.80. The number of fused-ring (bicyclic) bond motifs is 1. The van der Waals surface area contributed by atoms with Crippen molar-refractivity contribution in [3.63, 3.8) is 0 Å². The van der Waals surface area contributed by atoms with E-state index in [0.29, 0.717) is 35.0 Å². The van der Waals surface area contributed by atoms with Crippen LogP contribution in [0.25, 0.3) is 11.0 Å². The molecule has 27 heavy (non-hydrogen) atoms. The highest BCUT2D eigenvalue weighted by atomic mass is 35.5. The summed E-state index contributed by atoms with van der Waals surface area (Å²) >= 11 is 5.85. The third kappa shape index (κ3) is 3.52. The number of aromatic nitrogens is 4. The standard InChI is InChI=1S/C18H15ClFN7/c1-21-11-4-6-27(7-5-11)18-22-9-15-16(26-18)17(24-10-23-15)25-12-2-3-14(20)13(19)8-12/h2-6,8-10,21H,7H2,1H3,(H,23,24,25). The number of allylic oxidation sites excluding steroid dienone is 1. The predicted octanol–water partition coefficient (Wildman–Crippen LogP) is 3.39. The molecular weight excluding hydrogens is 369 g/mol. The van der Waals surface area contributed by atoms with Gasteiger partial charge in [0.15, 0.2) is 5.82 Å². The van der Waals surface area contributed by atoms with Crippen LogP contribution in [0.1, 0.15) is 0 Å². The molecule has 3 aromatic rings. The largest absolute Gasteiger partial charge is 0.388 e. The summed E-state index contributed by atoms with van der Waals surface area (Å²) in [6.45, 7) is 0.641. The van der Waals surface area contributed by atoms with Gasteiger partial charge in [0, 0.05) is 31.2 Å². The molecule has 0 unspecified atom stereocenters. The molecule has 0 amide bonds. The molecule has 3 heterocycles. The minimum Gasteiger partial charge on any atom is -0.388 e. The van der Waals surface area contributed by atoms with Crippen molar-refractivity contribution < 1.29 is 4.39 Å². The second-order valence-corrected chi connectivity index (χ2v) is 6.16. The Labute approximate surface area is 159 Å². The fraction of sp³-hybridized carbons (Fsp3) is 0.111. The topological polar surface area (TPSA) is 78.9 Å². The molecule has 0 radical (unpaired) electrons. The number of nitrogens with one attached hydrogen (secondary N) is 2. The normalized spacial score (nSPS) is 13.6. The number of benzene rings is 1. The molecule has 0 spiro atoms. The van der Waals surface area contributed by atoms with Crippen LogP contribution in [-0.2, 0) is 0 Å². The van der Waals surface area contributed by atoms with Crippen molar-refractivity contribution in [2.24, 2.45) is 0 Å². The minimum absolute atomic E-state index is 0.0271. The number of hydrogen-bond acceptors (Lipinski definition) is 7. The van der Waals surface area contributed by atoms with Crippen molar-refractivity contribution in [3.05, 3.63) is 65.6 Å². The summed E-state index contributed by atoms with van der Waals surface area (Å²) in [5, 5.41) is 6.23. The maximum Gasteiger partial charge on any atom is 0.230 e. The van der Waals surface area contributed by atoms with Crippen LogP contribution in [0.15, 0.2) is 54.8 Å². The van der Waals surface area contributed by atoms with Gasteiger partial charge in [0.1, 0.15) is 23.2 Å². The molecule has 0 atom stereocenters. The molecule has 9 heteroatoms. The van der Waals surface area contributed by atoms with E-state index in [0.717, 1.165) is 5.70 Å². The van der Waals surface area contributed by atoms with Gasteiger partial charge in [0.25, 0.3) is 0 Å². The fourth-order valence-electron chi connectivity index (χ4n) is 2.61. The van der Waals surface area contributed by atoms with Crippen LogP contribution in [0.2, 0.25) is 5.02 Å². The molecule has 0 fully saturated rings. The van der Waals surface area contributed by atoms with E-state index in [1.165, 1.54) is 18.5 Å². The summed E-state index contributed by atoms with van der Waals surface area (Å²) in [5.74, 6) is 0.532. The Bertz CT molecular complexity index is 1070. The molecule has 2 N–H and O–H groups in total. The third-order valence-electron chi connectivity index (χ3n) is 4.03. The lowest BCUT2D eigenvalue weighted by atomic mass is 10.3. The van der Waals surface area contributed by atoms with Crippen molar-refractivity contribution in [2.45, 2.75) is 0 Å². The molecular formula is C18H15ClFN7. The van der Waals surface area contributed by atoms with Gasteiger partial charge >= 0.3 is 0 Å². The summed E-state index contributed by atoms with van der Waals surface area (Å²) in [4.78, 5) is 19.4. The molecule has 0 aliphatic carbocycles. The monoisotopic (exact) mass is 383 g/mol. The van der Waals surface area contributed by atoms with Gasteiger partial charge in [-0.05, 0) is 30.4 Å². The van der Waals surface area contributed by atoms with Gasteiger partial charge in [-0.2, -0.15) is 0 Å². The Balaban J connectivity index is 1.68. The molecule has 0 saturated heterocycles. The summed E-state index contributed by atoms with van der Waals surface area (Å²) < 4.78 is 13.4. The molecule has 1 aliphatic rings. The van der Waals surface area contributed by atoms with E-state index < -0.39 is 5.82 Å². The molecule has 2 aromatic heterocycles. The third-order valence-corrected chi connectivity index (χ3v) is 4.32. The first kappa shape index (κ1) is 17.2. The number of anilines is 3. The summed E-state index contributed by atoms with van der Waals surface area (Å²) in [6, 6.07) is 4.36. The van der Waals surface area contributed by atoms with E-state index >= 15 is 0 Å². The number of hydrogen-bond donors (Lipinski definition) is 2. The van der Waals surface area contributed by atoms with Crippen molar-refractivity contribution in [1.29, 1.82) is 0 Å². The number of nitrogens with zero attached hydrogens (tertiary/aromatic N) is 5. The highest BCUT2D eigenvalue weighted by Crippen LogP contribution is 2.26. The van der Waals surface area contributed by atoms with Crippen LogP contribution >= 0.6 is 11.6 Å². The van der Waals surface area contributed by atoms with Gasteiger partial charge < -0.3 is 15.5 Å². The minimum atomic E-state index is -0.481. The Kier molecular flexibility index (Phi) is 4.55. The molecule has 7 nitrogen and oxygen atoms in total. The Morgan fingerprint density at radius 2 is 2.11 bits per heavy atom. The zero-order valence-electron chi connectivity index (χ0n) is 14.3. The van der Waals surface area contributed by atoms with E-state index in [2.05, 4.69) is 30.6 Å². The second-order valence-electron chi connectivity index (χ2n) is 5.76. The van der Waals surface area contributed by atoms with Crippen LogP contribution in [0.3, 0.4) is 0 Å². The van der Waals surface area contributed by atoms with E-state index in [-0.39, 0.29) is 5.02 Å². The summed E-state index contributed by atoms with van der Waals surface area (Å²) in [5.41, 5.74) is 2.78. The average molecular weight is 384 g/mol. The Hall–Kier alpha value is -3.26. The zero-order chi connectivity index (χ0) is 18.8. The van der Waals surface area contributed by atoms with Gasteiger partial charge in [-0.1, -0.05) is 11.6 Å². The maximum absolute atomic E-state index is 13.4. The summed E-state index contributed by atoms with van der Waals surface area (Å²) in [6.07, 6.45) is 8.95. The van der Waals surface area contributed by atoms with E-state index in [1.54, 1.807) is 12.3 Å². The predicted molar refractivity (Wildman–Crippen MR) is 103 cm³/mol. The van der Waals surface area contributed by atoms with Gasteiger partial charge in [-0.3, -0.25) is 0 Å². The van der Waals surface area contributed by atoms with Gasteiger partial charge in [-0.25, -0.2) is 24.3 Å². The van der Waals surface area contributed by atoms with Crippen molar-refractivity contribution in [3.8, 4) is 0 Å². The lowest BCUT2D eigenvalue weighted by Crippen LogP contribution is -2.23. The van der Waals surface area contributed by atoms with Gasteiger partial charge in [0.05, 0.1) is 11.2 Å². The molecule has 4 rings (SSSR count). The first-order valence-electron chi connectivity index (χ1n) is 8.16. The quantitative estimate of drug-likeness (QED) is 0.714. The smallest absolute Gasteiger partial charge is 0.230 e. The molecule has 0 saturated carbocycles. The Morgan fingerprint density at radius 3 is 2.85 bits per heavy atom. The Morgan fingerprint density at radius 1 is 1.22 bits per heavy atom. The molecule has 136 valence electrons. The number of halogens is 2. The first-order valence-corrected chi connectivity index (χ1v) is 8.54. The molecule has 1 aliphatic heterocycles. The highest BCUT2D eigenvalue weighted by Gasteiger charge is 2.13. The highest BCUT2D eigenvalue weighted by molar-refractivity contribution is 6.31. The average Bonchev–Trinajstić information content (AvgIpc) is 2.71. The van der Waals surface area contributed by atoms with Crippen molar-refractivity contribution >= 4 is 40.1 Å². The van der Waals surface area contributed by atoms with Crippen molar-refractivity contribution in [1.82, 2.24) is 25.3 Å². The SMILES string of the molecule is CNC1=CCN(c2ncc3ncnc(Nc4ccc(F)c(Cl)c4)c3n2)C=C1. The lowest BCUT2D eigenvalue weighted by Gasteiger charge is -2.20. The van der Waals surface area contributed by atoms with Crippen LogP contribution in [0.4, 0.5) is 21.8 Å².